The number of aliphatic carboxylic acids is 1. The van der Waals surface area contributed by atoms with Crippen molar-refractivity contribution in [2.75, 3.05) is 0 Å². The summed E-state index contributed by atoms with van der Waals surface area (Å²) in [5.74, 6) is -3.07. The molecule has 1 aromatic carbocycles. The third kappa shape index (κ3) is 3.91. The molecular weight excluding hydrogens is 341 g/mol. The second-order valence-electron chi connectivity index (χ2n) is 4.95. The summed E-state index contributed by atoms with van der Waals surface area (Å²) in [5, 5.41) is 11.8. The topological polar surface area (TPSA) is 66.4 Å². The van der Waals surface area contributed by atoms with Crippen LogP contribution >= 0.6 is 15.9 Å². The first-order valence-corrected chi connectivity index (χ1v) is 7.37. The standard InChI is InChI=1S/C15H15BrFNO3/c16-10-5-6-13(17)9(7-10)8-18-14(19)11-3-1-2-4-12(11)15(20)21/h1-2,5-7,11-12H,3-4,8H2,(H,18,19)(H,20,21)/t11-,12+/m1/s1. The molecular formula is C15H15BrFNO3. The molecule has 21 heavy (non-hydrogen) atoms. The van der Waals surface area contributed by atoms with Gasteiger partial charge in [0.05, 0.1) is 11.8 Å². The van der Waals surface area contributed by atoms with Crippen LogP contribution in [0.15, 0.2) is 34.8 Å². The van der Waals surface area contributed by atoms with Gasteiger partial charge in [-0.05, 0) is 31.0 Å². The van der Waals surface area contributed by atoms with Gasteiger partial charge >= 0.3 is 5.97 Å². The van der Waals surface area contributed by atoms with E-state index >= 15 is 0 Å². The summed E-state index contributed by atoms with van der Waals surface area (Å²) in [6.45, 7) is 0.0384. The highest BCUT2D eigenvalue weighted by Crippen LogP contribution is 2.26. The van der Waals surface area contributed by atoms with Crippen LogP contribution in [0.5, 0.6) is 0 Å². The fraction of sp³-hybridized carbons (Fsp3) is 0.333. The lowest BCUT2D eigenvalue weighted by Gasteiger charge is -2.24. The summed E-state index contributed by atoms with van der Waals surface area (Å²) in [5.41, 5.74) is 0.357. The average molecular weight is 356 g/mol. The van der Waals surface area contributed by atoms with Crippen molar-refractivity contribution in [3.8, 4) is 0 Å². The van der Waals surface area contributed by atoms with Crippen molar-refractivity contribution in [3.05, 3.63) is 46.2 Å². The van der Waals surface area contributed by atoms with Gasteiger partial charge in [-0.3, -0.25) is 9.59 Å². The molecule has 4 nitrogen and oxygen atoms in total. The lowest BCUT2D eigenvalue weighted by molar-refractivity contribution is -0.147. The van der Waals surface area contributed by atoms with Crippen LogP contribution in [0.3, 0.4) is 0 Å². The van der Waals surface area contributed by atoms with E-state index in [-0.39, 0.29) is 12.5 Å². The van der Waals surface area contributed by atoms with Crippen molar-refractivity contribution in [2.45, 2.75) is 19.4 Å². The number of amides is 1. The zero-order chi connectivity index (χ0) is 15.4. The number of halogens is 2. The highest BCUT2D eigenvalue weighted by molar-refractivity contribution is 9.10. The first-order valence-electron chi connectivity index (χ1n) is 6.58. The van der Waals surface area contributed by atoms with Crippen LogP contribution < -0.4 is 5.32 Å². The Morgan fingerprint density at radius 1 is 1.29 bits per heavy atom. The van der Waals surface area contributed by atoms with Crippen LogP contribution in [0.25, 0.3) is 0 Å². The molecule has 6 heteroatoms. The SMILES string of the molecule is O=C(O)[C@H]1CC=CC[C@H]1C(=O)NCc1cc(Br)ccc1F. The van der Waals surface area contributed by atoms with Crippen molar-refractivity contribution in [3.63, 3.8) is 0 Å². The average Bonchev–Trinajstić information content (AvgIpc) is 2.47. The van der Waals surface area contributed by atoms with Crippen molar-refractivity contribution < 1.29 is 19.1 Å². The second kappa shape index (κ2) is 6.85. The number of nitrogens with one attached hydrogen (secondary N) is 1. The number of allylic oxidation sites excluding steroid dienone is 2. The maximum absolute atomic E-state index is 13.6. The van der Waals surface area contributed by atoms with E-state index in [1.165, 1.54) is 6.07 Å². The van der Waals surface area contributed by atoms with Crippen molar-refractivity contribution in [1.29, 1.82) is 0 Å². The summed E-state index contributed by atoms with van der Waals surface area (Å²) in [4.78, 5) is 23.3. The Hall–Kier alpha value is -1.69. The third-order valence-corrected chi connectivity index (χ3v) is 4.04. The summed E-state index contributed by atoms with van der Waals surface area (Å²) in [6.07, 6.45) is 4.32. The molecule has 1 aliphatic rings. The molecule has 2 rings (SSSR count). The molecule has 2 atom stereocenters. The Balaban J connectivity index is 2.02. The summed E-state index contributed by atoms with van der Waals surface area (Å²) in [7, 11) is 0. The van der Waals surface area contributed by atoms with E-state index in [0.29, 0.717) is 18.4 Å². The van der Waals surface area contributed by atoms with Gasteiger partial charge in [-0.15, -0.1) is 0 Å². The van der Waals surface area contributed by atoms with E-state index in [1.807, 2.05) is 6.08 Å². The Labute approximate surface area is 130 Å². The van der Waals surface area contributed by atoms with Gasteiger partial charge in [0.15, 0.2) is 0 Å². The Bertz CT molecular complexity index is 588. The number of rotatable bonds is 4. The Morgan fingerprint density at radius 2 is 1.95 bits per heavy atom. The summed E-state index contributed by atoms with van der Waals surface area (Å²) < 4.78 is 14.3. The van der Waals surface area contributed by atoms with E-state index in [2.05, 4.69) is 21.2 Å². The molecule has 0 bridgehead atoms. The predicted octanol–water partition coefficient (Wildman–Crippen LogP) is 2.87. The van der Waals surface area contributed by atoms with Crippen LogP contribution in [0.1, 0.15) is 18.4 Å². The molecule has 2 N–H and O–H groups in total. The molecule has 1 aromatic rings. The monoisotopic (exact) mass is 355 g/mol. The molecule has 0 fully saturated rings. The zero-order valence-corrected chi connectivity index (χ0v) is 12.8. The molecule has 0 aromatic heterocycles. The summed E-state index contributed by atoms with van der Waals surface area (Å²) in [6, 6.07) is 4.48. The number of benzene rings is 1. The van der Waals surface area contributed by atoms with E-state index < -0.39 is 23.6 Å². The highest BCUT2D eigenvalue weighted by atomic mass is 79.9. The van der Waals surface area contributed by atoms with Crippen LogP contribution in [0.4, 0.5) is 4.39 Å². The molecule has 1 aliphatic carbocycles. The summed E-state index contributed by atoms with van der Waals surface area (Å²) >= 11 is 3.24. The van der Waals surface area contributed by atoms with Gasteiger partial charge in [-0.2, -0.15) is 0 Å². The van der Waals surface area contributed by atoms with E-state index in [9.17, 15) is 14.0 Å². The number of hydrogen-bond acceptors (Lipinski definition) is 2. The molecule has 0 radical (unpaired) electrons. The fourth-order valence-corrected chi connectivity index (χ4v) is 2.78. The predicted molar refractivity (Wildman–Crippen MR) is 78.9 cm³/mol. The Morgan fingerprint density at radius 3 is 2.62 bits per heavy atom. The van der Waals surface area contributed by atoms with Gasteiger partial charge < -0.3 is 10.4 Å². The molecule has 0 saturated heterocycles. The Kier molecular flexibility index (Phi) is 5.12. The molecule has 112 valence electrons. The van der Waals surface area contributed by atoms with Gasteiger partial charge in [0.1, 0.15) is 5.82 Å². The van der Waals surface area contributed by atoms with Gasteiger partial charge in [-0.25, -0.2) is 4.39 Å². The molecule has 0 saturated carbocycles. The first-order chi connectivity index (χ1) is 9.99. The highest BCUT2D eigenvalue weighted by Gasteiger charge is 2.33. The van der Waals surface area contributed by atoms with E-state index in [1.54, 1.807) is 18.2 Å². The smallest absolute Gasteiger partial charge is 0.307 e. The van der Waals surface area contributed by atoms with Gasteiger partial charge in [-0.1, -0.05) is 28.1 Å². The van der Waals surface area contributed by atoms with Gasteiger partial charge in [0.25, 0.3) is 0 Å². The maximum Gasteiger partial charge on any atom is 0.307 e. The largest absolute Gasteiger partial charge is 0.481 e. The number of carboxylic acid groups (broad SMARTS) is 1. The molecule has 0 aliphatic heterocycles. The fourth-order valence-electron chi connectivity index (χ4n) is 2.37. The van der Waals surface area contributed by atoms with Crippen LogP contribution in [-0.4, -0.2) is 17.0 Å². The lowest BCUT2D eigenvalue weighted by Crippen LogP contribution is -2.38. The number of carbonyl (C=O) groups is 2. The lowest BCUT2D eigenvalue weighted by atomic mass is 9.82. The van der Waals surface area contributed by atoms with E-state index in [4.69, 9.17) is 5.11 Å². The minimum atomic E-state index is -0.979. The third-order valence-electron chi connectivity index (χ3n) is 3.55. The first kappa shape index (κ1) is 15.7. The molecule has 0 spiro atoms. The number of carbonyl (C=O) groups excluding carboxylic acids is 1. The van der Waals surface area contributed by atoms with E-state index in [0.717, 1.165) is 4.47 Å². The minimum Gasteiger partial charge on any atom is -0.481 e. The van der Waals surface area contributed by atoms with Crippen LogP contribution in [0.2, 0.25) is 0 Å². The quantitative estimate of drug-likeness (QED) is 0.816. The van der Waals surface area contributed by atoms with Crippen LogP contribution in [-0.2, 0) is 16.1 Å². The molecule has 0 heterocycles. The van der Waals surface area contributed by atoms with Crippen molar-refractivity contribution in [2.24, 2.45) is 11.8 Å². The molecule has 0 unspecified atom stereocenters. The van der Waals surface area contributed by atoms with Gasteiger partial charge in [0.2, 0.25) is 5.91 Å². The van der Waals surface area contributed by atoms with Crippen LogP contribution in [0, 0.1) is 17.7 Å². The van der Waals surface area contributed by atoms with Crippen molar-refractivity contribution in [1.82, 2.24) is 5.32 Å². The second-order valence-corrected chi connectivity index (χ2v) is 5.86. The normalized spacial score (nSPS) is 21.0. The van der Waals surface area contributed by atoms with Gasteiger partial charge in [0, 0.05) is 16.6 Å². The van der Waals surface area contributed by atoms with Crippen molar-refractivity contribution >= 4 is 27.8 Å². The zero-order valence-electron chi connectivity index (χ0n) is 11.2. The maximum atomic E-state index is 13.6. The number of carboxylic acids is 1. The molecule has 1 amide bonds. The number of hydrogen-bond donors (Lipinski definition) is 2. The minimum absolute atomic E-state index is 0.0384.